The molecule has 0 aromatic heterocycles. The summed E-state index contributed by atoms with van der Waals surface area (Å²) in [6.45, 7) is 12.0. The van der Waals surface area contributed by atoms with Crippen molar-refractivity contribution in [1.82, 2.24) is 4.90 Å². The normalized spacial score (nSPS) is 22.3. The summed E-state index contributed by atoms with van der Waals surface area (Å²) < 4.78 is 5.82. The van der Waals surface area contributed by atoms with Crippen molar-refractivity contribution in [2.24, 2.45) is 11.8 Å². The van der Waals surface area contributed by atoms with Gasteiger partial charge in [0.2, 0.25) is 0 Å². The molecule has 0 bridgehead atoms. The molecule has 4 heteroatoms. The van der Waals surface area contributed by atoms with E-state index in [1.165, 1.54) is 5.56 Å². The molecule has 1 fully saturated rings. The summed E-state index contributed by atoms with van der Waals surface area (Å²) in [6, 6.07) is 8.31. The first-order valence-corrected chi connectivity index (χ1v) is 8.94. The van der Waals surface area contributed by atoms with E-state index in [-0.39, 0.29) is 11.3 Å². The minimum atomic E-state index is -0.665. The number of ether oxygens (including phenoxy) is 1. The van der Waals surface area contributed by atoms with Gasteiger partial charge in [-0.1, -0.05) is 39.8 Å². The van der Waals surface area contributed by atoms with Crippen molar-refractivity contribution in [2.45, 2.75) is 46.0 Å². The SMILES string of the molecule is CC1CC(C(=O)O)CN(CCCOc2ccc(C(C)(C)C)cc2)C1. The number of carboxylic acids is 1. The lowest BCUT2D eigenvalue weighted by molar-refractivity contribution is -0.144. The number of aliphatic carboxylic acids is 1. The van der Waals surface area contributed by atoms with Gasteiger partial charge in [0.1, 0.15) is 5.75 Å². The molecule has 2 unspecified atom stereocenters. The van der Waals surface area contributed by atoms with Crippen molar-refractivity contribution in [3.05, 3.63) is 29.8 Å². The number of benzene rings is 1. The van der Waals surface area contributed by atoms with Gasteiger partial charge in [-0.05, 0) is 41.9 Å². The zero-order valence-corrected chi connectivity index (χ0v) is 15.4. The van der Waals surface area contributed by atoms with E-state index in [0.717, 1.165) is 31.7 Å². The van der Waals surface area contributed by atoms with Crippen LogP contribution in [0.25, 0.3) is 0 Å². The lowest BCUT2D eigenvalue weighted by atomic mass is 9.87. The van der Waals surface area contributed by atoms with E-state index in [1.54, 1.807) is 0 Å². The highest BCUT2D eigenvalue weighted by atomic mass is 16.5. The number of piperidine rings is 1. The van der Waals surface area contributed by atoms with Gasteiger partial charge < -0.3 is 14.7 Å². The molecule has 1 saturated heterocycles. The average Bonchev–Trinajstić information content (AvgIpc) is 2.50. The molecule has 1 N–H and O–H groups in total. The van der Waals surface area contributed by atoms with Crippen LogP contribution in [0.3, 0.4) is 0 Å². The first kappa shape index (κ1) is 18.8. The molecule has 1 heterocycles. The number of carbonyl (C=O) groups is 1. The van der Waals surface area contributed by atoms with Crippen molar-refractivity contribution >= 4 is 5.97 Å². The number of likely N-dealkylation sites (tertiary alicyclic amines) is 1. The third kappa shape index (κ3) is 5.52. The highest BCUT2D eigenvalue weighted by molar-refractivity contribution is 5.70. The van der Waals surface area contributed by atoms with E-state index in [2.05, 4.69) is 44.7 Å². The number of hydrogen-bond acceptors (Lipinski definition) is 3. The standard InChI is InChI=1S/C20H31NO3/c1-15-12-16(19(22)23)14-21(13-15)10-5-11-24-18-8-6-17(7-9-18)20(2,3)4/h6-9,15-16H,5,10-14H2,1-4H3,(H,22,23). The van der Waals surface area contributed by atoms with Crippen molar-refractivity contribution in [3.63, 3.8) is 0 Å². The minimum Gasteiger partial charge on any atom is -0.494 e. The Hall–Kier alpha value is -1.55. The summed E-state index contributed by atoms with van der Waals surface area (Å²) in [4.78, 5) is 13.5. The Morgan fingerprint density at radius 3 is 2.50 bits per heavy atom. The second-order valence-corrected chi connectivity index (χ2v) is 8.11. The molecule has 0 saturated carbocycles. The first-order valence-electron chi connectivity index (χ1n) is 8.94. The third-order valence-electron chi connectivity index (χ3n) is 4.69. The first-order chi connectivity index (χ1) is 11.3. The fraction of sp³-hybridized carbons (Fsp3) is 0.650. The van der Waals surface area contributed by atoms with Gasteiger partial charge in [-0.3, -0.25) is 4.79 Å². The van der Waals surface area contributed by atoms with Crippen LogP contribution in [0.1, 0.15) is 46.1 Å². The van der Waals surface area contributed by atoms with Crippen LogP contribution >= 0.6 is 0 Å². The van der Waals surface area contributed by atoms with E-state index in [9.17, 15) is 9.90 Å². The zero-order chi connectivity index (χ0) is 17.7. The molecule has 0 amide bonds. The summed E-state index contributed by atoms with van der Waals surface area (Å²) in [7, 11) is 0. The predicted molar refractivity (Wildman–Crippen MR) is 96.6 cm³/mol. The lowest BCUT2D eigenvalue weighted by Gasteiger charge is -2.34. The van der Waals surface area contributed by atoms with Crippen LogP contribution in [-0.2, 0) is 10.2 Å². The molecule has 1 aliphatic heterocycles. The van der Waals surface area contributed by atoms with Crippen molar-refractivity contribution in [3.8, 4) is 5.75 Å². The Bertz CT molecular complexity index is 533. The largest absolute Gasteiger partial charge is 0.494 e. The third-order valence-corrected chi connectivity index (χ3v) is 4.69. The lowest BCUT2D eigenvalue weighted by Crippen LogP contribution is -2.43. The highest BCUT2D eigenvalue weighted by Gasteiger charge is 2.28. The summed E-state index contributed by atoms with van der Waals surface area (Å²) in [5.74, 6) is 0.463. The monoisotopic (exact) mass is 333 g/mol. The molecule has 1 aliphatic rings. The molecule has 1 aromatic rings. The van der Waals surface area contributed by atoms with E-state index in [1.807, 2.05) is 12.1 Å². The molecule has 0 spiro atoms. The Balaban J connectivity index is 1.73. The van der Waals surface area contributed by atoms with Gasteiger partial charge in [0, 0.05) is 19.6 Å². The van der Waals surface area contributed by atoms with Crippen LogP contribution < -0.4 is 4.74 Å². The Labute approximate surface area is 145 Å². The van der Waals surface area contributed by atoms with Gasteiger partial charge in [-0.15, -0.1) is 0 Å². The minimum absolute atomic E-state index is 0.157. The fourth-order valence-corrected chi connectivity index (χ4v) is 3.35. The summed E-state index contributed by atoms with van der Waals surface area (Å²) in [5, 5.41) is 9.22. The predicted octanol–water partition coefficient (Wildman–Crippen LogP) is 3.80. The van der Waals surface area contributed by atoms with Crippen LogP contribution in [0.15, 0.2) is 24.3 Å². The quantitative estimate of drug-likeness (QED) is 0.805. The summed E-state index contributed by atoms with van der Waals surface area (Å²) in [6.07, 6.45) is 1.71. The van der Waals surface area contributed by atoms with Gasteiger partial charge in [-0.2, -0.15) is 0 Å². The Kier molecular flexibility index (Phi) is 6.27. The maximum Gasteiger partial charge on any atom is 0.307 e. The number of rotatable bonds is 6. The van der Waals surface area contributed by atoms with Gasteiger partial charge >= 0.3 is 5.97 Å². The maximum absolute atomic E-state index is 11.2. The second kappa shape index (κ2) is 8.02. The average molecular weight is 333 g/mol. The molecule has 2 atom stereocenters. The number of hydrogen-bond donors (Lipinski definition) is 1. The maximum atomic E-state index is 11.2. The molecule has 4 nitrogen and oxygen atoms in total. The van der Waals surface area contributed by atoms with Crippen LogP contribution in [0.5, 0.6) is 5.75 Å². The molecule has 2 rings (SSSR count). The smallest absolute Gasteiger partial charge is 0.307 e. The second-order valence-electron chi connectivity index (χ2n) is 8.11. The van der Waals surface area contributed by atoms with Crippen LogP contribution in [-0.4, -0.2) is 42.2 Å². The summed E-state index contributed by atoms with van der Waals surface area (Å²) >= 11 is 0. The molecule has 0 aliphatic carbocycles. The van der Waals surface area contributed by atoms with Crippen molar-refractivity contribution in [2.75, 3.05) is 26.2 Å². The molecule has 0 radical (unpaired) electrons. The molecule has 134 valence electrons. The van der Waals surface area contributed by atoms with Gasteiger partial charge in [0.25, 0.3) is 0 Å². The van der Waals surface area contributed by atoms with E-state index < -0.39 is 5.97 Å². The van der Waals surface area contributed by atoms with Crippen molar-refractivity contribution < 1.29 is 14.6 Å². The molecular formula is C20H31NO3. The highest BCUT2D eigenvalue weighted by Crippen LogP contribution is 2.24. The van der Waals surface area contributed by atoms with E-state index in [4.69, 9.17) is 4.74 Å². The van der Waals surface area contributed by atoms with Crippen LogP contribution in [0, 0.1) is 11.8 Å². The van der Waals surface area contributed by atoms with E-state index >= 15 is 0 Å². The Morgan fingerprint density at radius 2 is 1.92 bits per heavy atom. The summed E-state index contributed by atoms with van der Waals surface area (Å²) in [5.41, 5.74) is 1.46. The Morgan fingerprint density at radius 1 is 1.25 bits per heavy atom. The zero-order valence-electron chi connectivity index (χ0n) is 15.4. The van der Waals surface area contributed by atoms with E-state index in [0.29, 0.717) is 19.1 Å². The number of nitrogens with zero attached hydrogens (tertiary/aromatic N) is 1. The molecular weight excluding hydrogens is 302 g/mol. The number of carboxylic acid groups (broad SMARTS) is 1. The van der Waals surface area contributed by atoms with Crippen LogP contribution in [0.4, 0.5) is 0 Å². The van der Waals surface area contributed by atoms with Crippen molar-refractivity contribution in [1.29, 1.82) is 0 Å². The van der Waals surface area contributed by atoms with Crippen LogP contribution in [0.2, 0.25) is 0 Å². The van der Waals surface area contributed by atoms with Gasteiger partial charge in [-0.25, -0.2) is 0 Å². The topological polar surface area (TPSA) is 49.8 Å². The molecule has 1 aromatic carbocycles. The van der Waals surface area contributed by atoms with Gasteiger partial charge in [0.15, 0.2) is 0 Å². The molecule has 24 heavy (non-hydrogen) atoms. The van der Waals surface area contributed by atoms with Gasteiger partial charge in [0.05, 0.1) is 12.5 Å². The fourth-order valence-electron chi connectivity index (χ4n) is 3.35.